The quantitative estimate of drug-likeness (QED) is 0.221. The highest BCUT2D eigenvalue weighted by Crippen LogP contribution is 2.33. The molecule has 0 N–H and O–H groups in total. The fourth-order valence-corrected chi connectivity index (χ4v) is 3.28. The molecule has 0 bridgehead atoms. The minimum Gasteiger partial charge on any atom is -0.258 e. The maximum atomic E-state index is 11.5. The normalized spacial score (nSPS) is 9.76. The molecule has 0 fully saturated rings. The van der Waals surface area contributed by atoms with Gasteiger partial charge in [-0.25, -0.2) is 0 Å². The Hall–Kier alpha value is -5.20. The molecule has 0 aliphatic heterocycles. The van der Waals surface area contributed by atoms with Crippen LogP contribution >= 0.6 is 0 Å². The minimum atomic E-state index is -0.509. The lowest BCUT2D eigenvalue weighted by Gasteiger charge is -2.08. The van der Waals surface area contributed by atoms with E-state index in [0.29, 0.717) is 22.3 Å². The highest BCUT2D eigenvalue weighted by Gasteiger charge is 2.17. The molecular weight excluding hydrogens is 428 g/mol. The zero-order valence-corrected chi connectivity index (χ0v) is 17.8. The zero-order valence-electron chi connectivity index (χ0n) is 17.8. The molecule has 0 amide bonds. The van der Waals surface area contributed by atoms with Gasteiger partial charge in [-0.3, -0.25) is 20.2 Å². The van der Waals surface area contributed by atoms with Gasteiger partial charge >= 0.3 is 0 Å². The van der Waals surface area contributed by atoms with Crippen molar-refractivity contribution in [2.75, 3.05) is 0 Å². The first kappa shape index (κ1) is 22.0. The van der Waals surface area contributed by atoms with E-state index in [4.69, 9.17) is 0 Å². The lowest BCUT2D eigenvalue weighted by atomic mass is 9.94. The number of rotatable bonds is 3. The molecule has 0 spiro atoms. The van der Waals surface area contributed by atoms with Gasteiger partial charge in [0, 0.05) is 57.6 Å². The third kappa shape index (κ3) is 5.16. The fourth-order valence-electron chi connectivity index (χ4n) is 3.28. The van der Waals surface area contributed by atoms with Gasteiger partial charge in [0.05, 0.1) is 9.85 Å². The Bertz CT molecular complexity index is 1390. The standard InChI is InChI=1S/C28H16N2O4/c31-29(32)25-17-15-23(13-11-21-7-3-1-4-8-21)27(19-25)28-20-26(30(33)34)18-16-24(28)14-12-22-9-5-2-6-10-22/h1-10,15-20H. The molecule has 0 radical (unpaired) electrons. The van der Waals surface area contributed by atoms with Gasteiger partial charge in [0.15, 0.2) is 0 Å². The lowest BCUT2D eigenvalue weighted by Crippen LogP contribution is -1.95. The zero-order chi connectivity index (χ0) is 23.9. The summed E-state index contributed by atoms with van der Waals surface area (Å²) in [6, 6.07) is 27.2. The largest absolute Gasteiger partial charge is 0.270 e. The van der Waals surface area contributed by atoms with Gasteiger partial charge in [-0.15, -0.1) is 0 Å². The highest BCUT2D eigenvalue weighted by molar-refractivity contribution is 5.80. The van der Waals surface area contributed by atoms with Crippen molar-refractivity contribution in [3.63, 3.8) is 0 Å². The molecule has 0 aromatic heterocycles. The third-order valence-corrected chi connectivity index (χ3v) is 4.95. The fraction of sp³-hybridized carbons (Fsp3) is 0. The van der Waals surface area contributed by atoms with Crippen LogP contribution in [0.1, 0.15) is 22.3 Å². The van der Waals surface area contributed by atoms with E-state index in [9.17, 15) is 20.2 Å². The molecule has 34 heavy (non-hydrogen) atoms. The smallest absolute Gasteiger partial charge is 0.258 e. The van der Waals surface area contributed by atoms with E-state index in [0.717, 1.165) is 11.1 Å². The summed E-state index contributed by atoms with van der Waals surface area (Å²) in [5.41, 5.74) is 3.06. The highest BCUT2D eigenvalue weighted by atomic mass is 16.6. The minimum absolute atomic E-state index is 0.145. The van der Waals surface area contributed by atoms with E-state index < -0.39 is 9.85 Å². The Labute approximate surface area is 195 Å². The summed E-state index contributed by atoms with van der Waals surface area (Å²) >= 11 is 0. The van der Waals surface area contributed by atoms with Crippen molar-refractivity contribution < 1.29 is 9.85 Å². The summed E-state index contributed by atoms with van der Waals surface area (Å²) in [4.78, 5) is 21.9. The van der Waals surface area contributed by atoms with Gasteiger partial charge < -0.3 is 0 Å². The van der Waals surface area contributed by atoms with Gasteiger partial charge in [0.1, 0.15) is 0 Å². The summed E-state index contributed by atoms with van der Waals surface area (Å²) < 4.78 is 0. The number of nitro benzene ring substituents is 2. The summed E-state index contributed by atoms with van der Waals surface area (Å²) in [5, 5.41) is 23.0. The predicted octanol–water partition coefficient (Wildman–Crippen LogP) is 5.97. The molecule has 0 aliphatic rings. The maximum absolute atomic E-state index is 11.5. The van der Waals surface area contributed by atoms with Crippen molar-refractivity contribution in [3.05, 3.63) is 140 Å². The molecule has 0 saturated carbocycles. The van der Waals surface area contributed by atoms with Crippen LogP contribution in [0, 0.1) is 43.9 Å². The summed E-state index contributed by atoms with van der Waals surface area (Å²) in [6.45, 7) is 0. The molecule has 6 heteroatoms. The van der Waals surface area contributed by atoms with Crippen LogP contribution in [0.5, 0.6) is 0 Å². The number of non-ortho nitro benzene ring substituents is 2. The Morgan fingerprint density at radius 1 is 0.500 bits per heavy atom. The average Bonchev–Trinajstić information content (AvgIpc) is 2.87. The van der Waals surface area contributed by atoms with E-state index >= 15 is 0 Å². The maximum Gasteiger partial charge on any atom is 0.270 e. The second-order valence-corrected chi connectivity index (χ2v) is 7.21. The van der Waals surface area contributed by atoms with Crippen LogP contribution in [0.15, 0.2) is 97.1 Å². The van der Waals surface area contributed by atoms with Gasteiger partial charge in [0.25, 0.3) is 11.4 Å². The van der Waals surface area contributed by atoms with Crippen molar-refractivity contribution >= 4 is 11.4 Å². The first-order valence-electron chi connectivity index (χ1n) is 10.2. The topological polar surface area (TPSA) is 86.3 Å². The van der Waals surface area contributed by atoms with E-state index in [-0.39, 0.29) is 11.4 Å². The Morgan fingerprint density at radius 2 is 0.882 bits per heavy atom. The van der Waals surface area contributed by atoms with E-state index in [1.165, 1.54) is 24.3 Å². The SMILES string of the molecule is O=[N+]([O-])c1ccc(C#Cc2ccccc2)c(-c2cc([N+](=O)[O-])ccc2C#Cc2ccccc2)c1. The molecule has 0 aliphatic carbocycles. The second-order valence-electron chi connectivity index (χ2n) is 7.21. The number of hydrogen-bond acceptors (Lipinski definition) is 4. The van der Waals surface area contributed by atoms with E-state index in [1.54, 1.807) is 12.1 Å². The molecule has 0 atom stereocenters. The summed E-state index contributed by atoms with van der Waals surface area (Å²) in [5.74, 6) is 12.2. The lowest BCUT2D eigenvalue weighted by molar-refractivity contribution is -0.385. The van der Waals surface area contributed by atoms with Crippen LogP contribution in [-0.4, -0.2) is 9.85 Å². The van der Waals surface area contributed by atoms with Crippen molar-refractivity contribution in [3.8, 4) is 34.8 Å². The van der Waals surface area contributed by atoms with Crippen LogP contribution in [0.4, 0.5) is 11.4 Å². The first-order chi connectivity index (χ1) is 16.5. The van der Waals surface area contributed by atoms with Crippen LogP contribution in [0.3, 0.4) is 0 Å². The van der Waals surface area contributed by atoms with Gasteiger partial charge in [-0.05, 0) is 36.4 Å². The molecule has 4 rings (SSSR count). The molecule has 0 heterocycles. The summed E-state index contributed by atoms with van der Waals surface area (Å²) in [6.07, 6.45) is 0. The van der Waals surface area contributed by atoms with Crippen molar-refractivity contribution in [2.45, 2.75) is 0 Å². The van der Waals surface area contributed by atoms with E-state index in [1.807, 2.05) is 60.7 Å². The number of nitrogens with zero attached hydrogens (tertiary/aromatic N) is 2. The molecule has 0 saturated heterocycles. The first-order valence-corrected chi connectivity index (χ1v) is 10.2. The van der Waals surface area contributed by atoms with Gasteiger partial charge in [-0.2, -0.15) is 0 Å². The second kappa shape index (κ2) is 9.95. The van der Waals surface area contributed by atoms with Gasteiger partial charge in [-0.1, -0.05) is 60.1 Å². The van der Waals surface area contributed by atoms with Crippen molar-refractivity contribution in [1.29, 1.82) is 0 Å². The molecule has 4 aromatic rings. The number of benzene rings is 4. The molecule has 162 valence electrons. The van der Waals surface area contributed by atoms with E-state index in [2.05, 4.69) is 23.7 Å². The van der Waals surface area contributed by atoms with Gasteiger partial charge in [0.2, 0.25) is 0 Å². The summed E-state index contributed by atoms with van der Waals surface area (Å²) in [7, 11) is 0. The molecular formula is C28H16N2O4. The van der Waals surface area contributed by atoms with Crippen molar-refractivity contribution in [1.82, 2.24) is 0 Å². The molecule has 4 aromatic carbocycles. The third-order valence-electron chi connectivity index (χ3n) is 4.95. The van der Waals surface area contributed by atoms with Crippen LogP contribution < -0.4 is 0 Å². The number of nitro groups is 2. The number of hydrogen-bond donors (Lipinski definition) is 0. The van der Waals surface area contributed by atoms with Crippen LogP contribution in [0.2, 0.25) is 0 Å². The Kier molecular flexibility index (Phi) is 6.44. The van der Waals surface area contributed by atoms with Crippen molar-refractivity contribution in [2.24, 2.45) is 0 Å². The monoisotopic (exact) mass is 444 g/mol. The van der Waals surface area contributed by atoms with Crippen LogP contribution in [0.25, 0.3) is 11.1 Å². The average molecular weight is 444 g/mol. The Morgan fingerprint density at radius 3 is 1.24 bits per heavy atom. The van der Waals surface area contributed by atoms with Crippen LogP contribution in [-0.2, 0) is 0 Å². The predicted molar refractivity (Wildman–Crippen MR) is 130 cm³/mol. The Balaban J connectivity index is 1.92. The molecule has 6 nitrogen and oxygen atoms in total. The molecule has 0 unspecified atom stereocenters.